The van der Waals surface area contributed by atoms with Crippen LogP contribution in [0.25, 0.3) is 0 Å². The van der Waals surface area contributed by atoms with Crippen molar-refractivity contribution in [3.8, 4) is 0 Å². The van der Waals surface area contributed by atoms with Crippen molar-refractivity contribution >= 4 is 23.4 Å². The van der Waals surface area contributed by atoms with Gasteiger partial charge >= 0.3 is 0 Å². The summed E-state index contributed by atoms with van der Waals surface area (Å²) >= 11 is 5.97. The van der Waals surface area contributed by atoms with Crippen LogP contribution in [-0.2, 0) is 0 Å². The van der Waals surface area contributed by atoms with Crippen molar-refractivity contribution in [2.45, 2.75) is 25.8 Å². The summed E-state index contributed by atoms with van der Waals surface area (Å²) in [5.74, 6) is 2.60. The Morgan fingerprint density at radius 2 is 2.00 bits per heavy atom. The molecule has 0 bridgehead atoms. The maximum absolute atomic E-state index is 5.97. The largest absolute Gasteiger partial charge is 0.352 e. The van der Waals surface area contributed by atoms with Gasteiger partial charge in [-0.2, -0.15) is 0 Å². The zero-order valence-corrected chi connectivity index (χ0v) is 13.9. The van der Waals surface area contributed by atoms with Crippen LogP contribution in [0.1, 0.15) is 18.5 Å². The van der Waals surface area contributed by atoms with Gasteiger partial charge in [0.2, 0.25) is 5.95 Å². The molecule has 2 aromatic rings. The van der Waals surface area contributed by atoms with Gasteiger partial charge in [-0.05, 0) is 43.9 Å². The van der Waals surface area contributed by atoms with E-state index in [1.807, 2.05) is 31.3 Å². The monoisotopic (exact) mass is 329 g/mol. The minimum atomic E-state index is 0.474. The van der Waals surface area contributed by atoms with Gasteiger partial charge in [-0.1, -0.05) is 11.6 Å². The van der Waals surface area contributed by atoms with Gasteiger partial charge in [0, 0.05) is 37.7 Å². The second-order valence-electron chi connectivity index (χ2n) is 6.38. The molecule has 23 heavy (non-hydrogen) atoms. The Morgan fingerprint density at radius 1 is 1.13 bits per heavy atom. The number of piperidine rings is 1. The Labute approximate surface area is 141 Å². The third-order valence-corrected chi connectivity index (χ3v) is 5.16. The molecule has 2 unspecified atom stereocenters. The molecule has 6 heteroatoms. The first kappa shape index (κ1) is 14.7. The first-order chi connectivity index (χ1) is 11.2. The Hall–Kier alpha value is -1.88. The highest BCUT2D eigenvalue weighted by Gasteiger charge is 2.39. The van der Waals surface area contributed by atoms with Crippen molar-refractivity contribution in [3.63, 3.8) is 0 Å². The molecule has 2 fully saturated rings. The summed E-state index contributed by atoms with van der Waals surface area (Å²) in [6, 6.07) is 6.35. The standard InChI is InChI=1S/C17H20ClN5/c1-12-4-7-19-17(21-12)22-8-5-13-6-9-23(15(13)11-22)16-3-2-14(18)10-20-16/h2-4,7,10,13,15H,5-6,8-9,11H2,1H3. The molecule has 0 aromatic carbocycles. The minimum Gasteiger partial charge on any atom is -0.352 e. The van der Waals surface area contributed by atoms with Gasteiger partial charge in [-0.25, -0.2) is 15.0 Å². The molecule has 0 radical (unpaired) electrons. The maximum Gasteiger partial charge on any atom is 0.225 e. The zero-order chi connectivity index (χ0) is 15.8. The summed E-state index contributed by atoms with van der Waals surface area (Å²) in [7, 11) is 0. The molecule has 4 rings (SSSR count). The van der Waals surface area contributed by atoms with Crippen molar-refractivity contribution < 1.29 is 0 Å². The minimum absolute atomic E-state index is 0.474. The van der Waals surface area contributed by atoms with Gasteiger partial charge in [-0.15, -0.1) is 0 Å². The normalized spacial score (nSPS) is 23.9. The maximum atomic E-state index is 5.97. The number of hydrogen-bond acceptors (Lipinski definition) is 5. The summed E-state index contributed by atoms with van der Waals surface area (Å²) in [5.41, 5.74) is 1.01. The number of anilines is 2. The second kappa shape index (κ2) is 5.96. The Morgan fingerprint density at radius 3 is 2.78 bits per heavy atom. The van der Waals surface area contributed by atoms with Gasteiger partial charge in [0.05, 0.1) is 11.1 Å². The van der Waals surface area contributed by atoms with Crippen LogP contribution in [0.3, 0.4) is 0 Å². The lowest BCUT2D eigenvalue weighted by molar-refractivity contribution is 0.386. The number of hydrogen-bond donors (Lipinski definition) is 0. The second-order valence-corrected chi connectivity index (χ2v) is 6.81. The van der Waals surface area contributed by atoms with Crippen LogP contribution >= 0.6 is 11.6 Å². The van der Waals surface area contributed by atoms with E-state index in [1.165, 1.54) is 12.8 Å². The van der Waals surface area contributed by atoms with Gasteiger partial charge in [0.15, 0.2) is 0 Å². The summed E-state index contributed by atoms with van der Waals surface area (Å²) in [4.78, 5) is 18.3. The highest BCUT2D eigenvalue weighted by atomic mass is 35.5. The molecule has 2 aliphatic rings. The average Bonchev–Trinajstić information content (AvgIpc) is 2.99. The van der Waals surface area contributed by atoms with E-state index in [9.17, 15) is 0 Å². The lowest BCUT2D eigenvalue weighted by atomic mass is 9.92. The molecular formula is C17H20ClN5. The molecule has 0 N–H and O–H groups in total. The predicted molar refractivity (Wildman–Crippen MR) is 92.1 cm³/mol. The number of aromatic nitrogens is 3. The summed E-state index contributed by atoms with van der Waals surface area (Å²) < 4.78 is 0. The van der Waals surface area contributed by atoms with E-state index in [0.717, 1.165) is 43.0 Å². The number of aryl methyl sites for hydroxylation is 1. The van der Waals surface area contributed by atoms with E-state index >= 15 is 0 Å². The molecule has 2 aromatic heterocycles. The fourth-order valence-electron chi connectivity index (χ4n) is 3.73. The summed E-state index contributed by atoms with van der Waals surface area (Å²) in [6.45, 7) is 5.06. The molecule has 120 valence electrons. The molecule has 2 saturated heterocycles. The first-order valence-corrected chi connectivity index (χ1v) is 8.51. The zero-order valence-electron chi connectivity index (χ0n) is 13.2. The molecule has 5 nitrogen and oxygen atoms in total. The van der Waals surface area contributed by atoms with E-state index in [-0.39, 0.29) is 0 Å². The highest BCUT2D eigenvalue weighted by Crippen LogP contribution is 2.35. The van der Waals surface area contributed by atoms with Gasteiger partial charge in [0.1, 0.15) is 5.82 Å². The fraction of sp³-hybridized carbons (Fsp3) is 0.471. The fourth-order valence-corrected chi connectivity index (χ4v) is 3.84. The highest BCUT2D eigenvalue weighted by molar-refractivity contribution is 6.30. The van der Waals surface area contributed by atoms with Crippen LogP contribution in [0, 0.1) is 12.8 Å². The smallest absolute Gasteiger partial charge is 0.225 e. The quantitative estimate of drug-likeness (QED) is 0.847. The average molecular weight is 330 g/mol. The van der Waals surface area contributed by atoms with Crippen molar-refractivity contribution in [3.05, 3.63) is 41.3 Å². The third kappa shape index (κ3) is 2.85. The molecule has 4 heterocycles. The van der Waals surface area contributed by atoms with Crippen molar-refractivity contribution in [1.29, 1.82) is 0 Å². The van der Waals surface area contributed by atoms with E-state index in [4.69, 9.17) is 11.6 Å². The first-order valence-electron chi connectivity index (χ1n) is 8.13. The topological polar surface area (TPSA) is 45.2 Å². The molecule has 2 aliphatic heterocycles. The van der Waals surface area contributed by atoms with E-state index in [2.05, 4.69) is 24.8 Å². The van der Waals surface area contributed by atoms with Crippen LogP contribution in [0.2, 0.25) is 5.02 Å². The Bertz CT molecular complexity index is 690. The lowest BCUT2D eigenvalue weighted by Crippen LogP contribution is -2.49. The van der Waals surface area contributed by atoms with E-state index < -0.39 is 0 Å². The number of nitrogens with zero attached hydrogens (tertiary/aromatic N) is 5. The van der Waals surface area contributed by atoms with Gasteiger partial charge in [0.25, 0.3) is 0 Å². The number of halogens is 1. The molecule has 0 aliphatic carbocycles. The van der Waals surface area contributed by atoms with Crippen LogP contribution in [0.5, 0.6) is 0 Å². The number of pyridine rings is 1. The van der Waals surface area contributed by atoms with E-state index in [1.54, 1.807) is 6.20 Å². The molecular weight excluding hydrogens is 310 g/mol. The van der Waals surface area contributed by atoms with Gasteiger partial charge in [-0.3, -0.25) is 0 Å². The summed E-state index contributed by atoms with van der Waals surface area (Å²) in [6.07, 6.45) is 5.99. The predicted octanol–water partition coefficient (Wildman–Crippen LogP) is 2.94. The number of rotatable bonds is 2. The van der Waals surface area contributed by atoms with Crippen LogP contribution in [0.4, 0.5) is 11.8 Å². The van der Waals surface area contributed by atoms with Crippen LogP contribution < -0.4 is 9.80 Å². The molecule has 0 saturated carbocycles. The van der Waals surface area contributed by atoms with Crippen molar-refractivity contribution in [1.82, 2.24) is 15.0 Å². The SMILES string of the molecule is Cc1ccnc(N2CCC3CCN(c4ccc(Cl)cn4)C3C2)n1. The van der Waals surface area contributed by atoms with Crippen molar-refractivity contribution in [2.75, 3.05) is 29.4 Å². The molecule has 0 spiro atoms. The Balaban J connectivity index is 1.56. The van der Waals surface area contributed by atoms with Gasteiger partial charge < -0.3 is 9.80 Å². The lowest BCUT2D eigenvalue weighted by Gasteiger charge is -2.38. The summed E-state index contributed by atoms with van der Waals surface area (Å²) in [5, 5.41) is 0.683. The van der Waals surface area contributed by atoms with Crippen molar-refractivity contribution in [2.24, 2.45) is 5.92 Å². The molecule has 0 amide bonds. The Kier molecular flexibility index (Phi) is 3.81. The third-order valence-electron chi connectivity index (χ3n) is 4.93. The van der Waals surface area contributed by atoms with Crippen LogP contribution in [0.15, 0.2) is 30.6 Å². The van der Waals surface area contributed by atoms with Crippen LogP contribution in [-0.4, -0.2) is 40.6 Å². The van der Waals surface area contributed by atoms with E-state index in [0.29, 0.717) is 11.1 Å². The number of fused-ring (bicyclic) bond motifs is 1. The molecule has 2 atom stereocenters.